The van der Waals surface area contributed by atoms with Gasteiger partial charge >= 0.3 is 0 Å². The predicted octanol–water partition coefficient (Wildman–Crippen LogP) is 7.45. The molecule has 0 bridgehead atoms. The number of hydrogen-bond acceptors (Lipinski definition) is 7. The molecular weight excluding hydrogens is 842 g/mol. The van der Waals surface area contributed by atoms with E-state index >= 15 is 4.39 Å². The zero-order valence-electron chi connectivity index (χ0n) is 34.4. The van der Waals surface area contributed by atoms with Crippen molar-refractivity contribution >= 4 is 69.8 Å². The maximum atomic E-state index is 16.3. The fourth-order valence-corrected chi connectivity index (χ4v) is 11.7. The van der Waals surface area contributed by atoms with Gasteiger partial charge in [-0.25, -0.2) is 4.39 Å². The molecule has 11 nitrogen and oxygen atoms in total. The van der Waals surface area contributed by atoms with Crippen LogP contribution in [0.25, 0.3) is 0 Å². The Balaban J connectivity index is 0.845. The summed E-state index contributed by atoms with van der Waals surface area (Å²) in [6, 6.07) is 21.6. The fourth-order valence-electron chi connectivity index (χ4n) is 11.4. The van der Waals surface area contributed by atoms with Gasteiger partial charge in [0, 0.05) is 76.6 Å². The summed E-state index contributed by atoms with van der Waals surface area (Å²) in [5.74, 6) is 3.73. The molecule has 5 aliphatic heterocycles. The SMILES string of the molecule is O=C1CCC(N2Cc3c(C#CC4CCN(c5ccc(NC(=O)[C@@H]6NC7(CCCCC7)[C@@]7(C(=O)Nc8cc(Cl)ccc87)[C@H]6c6cccc(Cl)c6F)cc5)CC4)cccc3C2=O)C(=O)N1. The summed E-state index contributed by atoms with van der Waals surface area (Å²) in [7, 11) is 0. The van der Waals surface area contributed by atoms with E-state index in [2.05, 4.69) is 38.0 Å². The molecule has 1 unspecified atom stereocenters. The van der Waals surface area contributed by atoms with E-state index < -0.39 is 40.7 Å². The van der Waals surface area contributed by atoms with Crippen LogP contribution in [0.4, 0.5) is 21.5 Å². The smallest absolute Gasteiger partial charge is 0.255 e. The Labute approximate surface area is 374 Å². The third-order valence-electron chi connectivity index (χ3n) is 14.3. The normalized spacial score (nSPS) is 25.1. The Hall–Kier alpha value is -5.74. The molecule has 4 fully saturated rings. The van der Waals surface area contributed by atoms with Gasteiger partial charge in [-0.05, 0) is 103 Å². The first-order valence-corrected chi connectivity index (χ1v) is 22.5. The highest BCUT2D eigenvalue weighted by atomic mass is 35.5. The molecule has 4 atom stereocenters. The number of benzene rings is 4. The lowest BCUT2D eigenvalue weighted by Crippen LogP contribution is -2.60. The van der Waals surface area contributed by atoms with Gasteiger partial charge in [0.25, 0.3) is 5.91 Å². The standard InChI is InChI=1S/C49H45Cl2FN6O5/c50-30-12-17-36-38(26-30)54-47(63)49(36)41(34-8-5-9-37(51)42(34)52)43(56-48(49)22-2-1-3-23-48)45(61)53-31-13-15-32(16-14-31)57-24-20-28(21-25-57)10-11-29-6-4-7-33-35(29)27-58(46(33)62)39-18-19-40(59)55-44(39)60/h4-9,12-17,26,28,39,41,43,56H,1-3,18-25,27H2,(H,53,61)(H,54,63)(H,55,59,60)/t39?,41-,43+,49+/m0/s1. The Morgan fingerprint density at radius 1 is 0.873 bits per heavy atom. The highest BCUT2D eigenvalue weighted by molar-refractivity contribution is 6.31. The second kappa shape index (κ2) is 16.1. The van der Waals surface area contributed by atoms with Crippen LogP contribution in [0, 0.1) is 23.6 Å². The molecule has 5 amide bonds. The lowest BCUT2D eigenvalue weighted by Gasteiger charge is -2.47. The lowest BCUT2D eigenvalue weighted by molar-refractivity contribution is -0.137. The number of imide groups is 1. The van der Waals surface area contributed by atoms with Gasteiger partial charge in [-0.2, -0.15) is 0 Å². The maximum absolute atomic E-state index is 16.3. The van der Waals surface area contributed by atoms with Crippen LogP contribution in [0.15, 0.2) is 78.9 Å². The van der Waals surface area contributed by atoms with Gasteiger partial charge in [0.2, 0.25) is 23.6 Å². The van der Waals surface area contributed by atoms with Crippen LogP contribution in [0.5, 0.6) is 0 Å². The van der Waals surface area contributed by atoms with E-state index in [1.165, 1.54) is 6.07 Å². The summed E-state index contributed by atoms with van der Waals surface area (Å²) in [5, 5.41) is 12.6. The largest absolute Gasteiger partial charge is 0.371 e. The van der Waals surface area contributed by atoms with Crippen molar-refractivity contribution in [1.82, 2.24) is 15.5 Å². The first kappa shape index (κ1) is 41.3. The van der Waals surface area contributed by atoms with E-state index in [1.54, 1.807) is 35.2 Å². The molecule has 4 aromatic carbocycles. The number of carbonyl (C=O) groups is 5. The Morgan fingerprint density at radius 2 is 1.63 bits per heavy atom. The Morgan fingerprint density at radius 3 is 2.40 bits per heavy atom. The molecule has 1 saturated carbocycles. The van der Waals surface area contributed by atoms with Gasteiger partial charge in [0.15, 0.2) is 0 Å². The highest BCUT2D eigenvalue weighted by Gasteiger charge is 2.72. The van der Waals surface area contributed by atoms with Crippen molar-refractivity contribution in [3.8, 4) is 11.8 Å². The van der Waals surface area contributed by atoms with Gasteiger partial charge < -0.3 is 20.4 Å². The minimum Gasteiger partial charge on any atom is -0.371 e. The van der Waals surface area contributed by atoms with Crippen LogP contribution in [-0.2, 0) is 31.1 Å². The molecule has 63 heavy (non-hydrogen) atoms. The molecule has 2 spiro atoms. The summed E-state index contributed by atoms with van der Waals surface area (Å²) in [6.45, 7) is 1.83. The van der Waals surface area contributed by atoms with E-state index in [1.807, 2.05) is 42.5 Å². The lowest BCUT2D eigenvalue weighted by atomic mass is 9.55. The van der Waals surface area contributed by atoms with Crippen LogP contribution < -0.4 is 26.2 Å². The van der Waals surface area contributed by atoms with Gasteiger partial charge in [-0.1, -0.05) is 78.6 Å². The van der Waals surface area contributed by atoms with Crippen molar-refractivity contribution in [1.29, 1.82) is 0 Å². The van der Waals surface area contributed by atoms with E-state index in [-0.39, 0.29) is 53.1 Å². The minimum atomic E-state index is -1.32. The van der Waals surface area contributed by atoms with E-state index in [0.29, 0.717) is 46.8 Å². The number of halogens is 3. The molecular formula is C49H45Cl2FN6O5. The van der Waals surface area contributed by atoms with E-state index in [9.17, 15) is 24.0 Å². The van der Waals surface area contributed by atoms with Gasteiger partial charge in [0.05, 0.1) is 11.1 Å². The molecule has 3 saturated heterocycles. The van der Waals surface area contributed by atoms with Crippen LogP contribution in [0.2, 0.25) is 10.0 Å². The zero-order chi connectivity index (χ0) is 43.6. The summed E-state index contributed by atoms with van der Waals surface area (Å²) in [5.41, 5.74) is 3.02. The number of anilines is 3. The van der Waals surface area contributed by atoms with Crippen molar-refractivity contribution in [2.24, 2.45) is 5.92 Å². The number of nitrogens with zero attached hydrogens (tertiary/aromatic N) is 2. The maximum Gasteiger partial charge on any atom is 0.255 e. The average Bonchev–Trinajstić information content (AvgIpc) is 3.88. The quantitative estimate of drug-likeness (QED) is 0.121. The topological polar surface area (TPSA) is 140 Å². The summed E-state index contributed by atoms with van der Waals surface area (Å²) in [6.07, 6.45) is 6.12. The van der Waals surface area contributed by atoms with Crippen molar-refractivity contribution in [2.45, 2.75) is 93.3 Å². The number of nitrogens with one attached hydrogen (secondary N) is 4. The number of fused-ring (bicyclic) bond motifs is 4. The molecule has 0 aromatic heterocycles. The molecule has 1 aliphatic carbocycles. The Kier molecular flexibility index (Phi) is 10.6. The monoisotopic (exact) mass is 886 g/mol. The predicted molar refractivity (Wildman–Crippen MR) is 238 cm³/mol. The second-order valence-corrected chi connectivity index (χ2v) is 18.5. The van der Waals surface area contributed by atoms with E-state index in [4.69, 9.17) is 23.2 Å². The number of hydrogen-bond donors (Lipinski definition) is 4. The van der Waals surface area contributed by atoms with Crippen LogP contribution in [-0.4, -0.2) is 65.1 Å². The van der Waals surface area contributed by atoms with Gasteiger partial charge in [0.1, 0.15) is 17.3 Å². The average molecular weight is 888 g/mol. The molecule has 0 radical (unpaired) electrons. The number of rotatable bonds is 5. The molecule has 5 heterocycles. The first-order chi connectivity index (χ1) is 30.5. The van der Waals surface area contributed by atoms with Crippen LogP contribution >= 0.6 is 23.2 Å². The van der Waals surface area contributed by atoms with Crippen LogP contribution in [0.3, 0.4) is 0 Å². The van der Waals surface area contributed by atoms with E-state index in [0.717, 1.165) is 62.0 Å². The highest BCUT2D eigenvalue weighted by Crippen LogP contribution is 2.63. The number of amides is 5. The fraction of sp³-hybridized carbons (Fsp3) is 0.367. The van der Waals surface area contributed by atoms with Crippen molar-refractivity contribution < 1.29 is 28.4 Å². The molecule has 10 rings (SSSR count). The van der Waals surface area contributed by atoms with Gasteiger partial charge in [-0.3, -0.25) is 34.6 Å². The van der Waals surface area contributed by atoms with Crippen LogP contribution in [0.1, 0.15) is 96.3 Å². The number of piperidine rings is 2. The van der Waals surface area contributed by atoms with Crippen molar-refractivity contribution in [3.63, 3.8) is 0 Å². The first-order valence-electron chi connectivity index (χ1n) is 21.7. The summed E-state index contributed by atoms with van der Waals surface area (Å²) in [4.78, 5) is 70.7. The molecule has 4 N–H and O–H groups in total. The summed E-state index contributed by atoms with van der Waals surface area (Å²) >= 11 is 12.8. The number of carbonyl (C=O) groups excluding carboxylic acids is 5. The minimum absolute atomic E-state index is 0.0788. The van der Waals surface area contributed by atoms with Crippen molar-refractivity contribution in [3.05, 3.63) is 123 Å². The molecule has 6 aliphatic rings. The third-order valence-corrected chi connectivity index (χ3v) is 14.8. The Bertz CT molecular complexity index is 2650. The third kappa shape index (κ3) is 6.87. The molecule has 14 heteroatoms. The van der Waals surface area contributed by atoms with Crippen molar-refractivity contribution in [2.75, 3.05) is 28.6 Å². The van der Waals surface area contributed by atoms with Gasteiger partial charge in [-0.15, -0.1) is 0 Å². The molecule has 322 valence electrons. The summed E-state index contributed by atoms with van der Waals surface area (Å²) < 4.78 is 16.3. The zero-order valence-corrected chi connectivity index (χ0v) is 35.9. The second-order valence-electron chi connectivity index (χ2n) is 17.6. The molecule has 4 aromatic rings.